The quantitative estimate of drug-likeness (QED) is 0.671. The molecule has 0 spiro atoms. The summed E-state index contributed by atoms with van der Waals surface area (Å²) in [5.74, 6) is 1.27. The van der Waals surface area contributed by atoms with Gasteiger partial charge < -0.3 is 24.3 Å². The zero-order valence-corrected chi connectivity index (χ0v) is 18.4. The van der Waals surface area contributed by atoms with Gasteiger partial charge in [0.1, 0.15) is 0 Å². The second-order valence-electron chi connectivity index (χ2n) is 7.76. The number of methoxy groups -OCH3 is 2. The summed E-state index contributed by atoms with van der Waals surface area (Å²) in [6.07, 6.45) is 6.39. The number of hydrogen-bond donors (Lipinski definition) is 1. The van der Waals surface area contributed by atoms with E-state index in [-0.39, 0.29) is 12.1 Å². The van der Waals surface area contributed by atoms with Gasteiger partial charge in [0.15, 0.2) is 11.5 Å². The molecule has 8 heteroatoms. The van der Waals surface area contributed by atoms with E-state index in [9.17, 15) is 4.79 Å². The summed E-state index contributed by atoms with van der Waals surface area (Å²) >= 11 is 0. The van der Waals surface area contributed by atoms with E-state index in [4.69, 9.17) is 9.47 Å². The van der Waals surface area contributed by atoms with Crippen LogP contribution in [0.1, 0.15) is 25.0 Å². The highest BCUT2D eigenvalue weighted by molar-refractivity contribution is 5.93. The number of anilines is 1. The van der Waals surface area contributed by atoms with Gasteiger partial charge in [-0.15, -0.1) is 0 Å². The molecule has 2 aromatic rings. The molecule has 2 amide bonds. The van der Waals surface area contributed by atoms with Gasteiger partial charge in [0, 0.05) is 42.8 Å². The van der Waals surface area contributed by atoms with Gasteiger partial charge in [0.05, 0.1) is 20.5 Å². The molecule has 0 unspecified atom stereocenters. The highest BCUT2D eigenvalue weighted by Gasteiger charge is 2.29. The van der Waals surface area contributed by atoms with Crippen LogP contribution >= 0.6 is 0 Å². The molecule has 1 aliphatic rings. The maximum Gasteiger partial charge on any atom is 0.322 e. The Balaban J connectivity index is 1.70. The highest BCUT2D eigenvalue weighted by atomic mass is 16.5. The Kier molecular flexibility index (Phi) is 7.57. The molecule has 0 atom stereocenters. The van der Waals surface area contributed by atoms with Crippen molar-refractivity contribution < 1.29 is 14.3 Å². The molecule has 30 heavy (non-hydrogen) atoms. The molecular weight excluding hydrogens is 382 g/mol. The molecule has 1 aliphatic heterocycles. The van der Waals surface area contributed by atoms with E-state index in [2.05, 4.69) is 26.8 Å². The summed E-state index contributed by atoms with van der Waals surface area (Å²) in [6.45, 7) is 5.41. The van der Waals surface area contributed by atoms with Crippen LogP contribution < -0.4 is 19.7 Å². The summed E-state index contributed by atoms with van der Waals surface area (Å²) in [5, 5.41) is 3.11. The van der Waals surface area contributed by atoms with Crippen LogP contribution in [0.2, 0.25) is 0 Å². The average molecular weight is 416 g/mol. The number of aryl methyl sites for hydroxylation is 2. The number of ether oxygens (including phenoxy) is 2. The molecule has 0 aliphatic carbocycles. The fourth-order valence-corrected chi connectivity index (χ4v) is 3.87. The van der Waals surface area contributed by atoms with Gasteiger partial charge in [-0.2, -0.15) is 0 Å². The van der Waals surface area contributed by atoms with Gasteiger partial charge in [-0.05, 0) is 58.5 Å². The minimum absolute atomic E-state index is 0.0703. The van der Waals surface area contributed by atoms with Crippen LogP contribution in [0.25, 0.3) is 0 Å². The Morgan fingerprint density at radius 1 is 1.23 bits per heavy atom. The van der Waals surface area contributed by atoms with Crippen molar-refractivity contribution in [1.29, 1.82) is 0 Å². The number of nitrogens with one attached hydrogen (secondary N) is 1. The molecular formula is C22H33N5O3. The molecule has 8 nitrogen and oxygen atoms in total. The lowest BCUT2D eigenvalue weighted by molar-refractivity contribution is 0.226. The van der Waals surface area contributed by atoms with Crippen LogP contribution in [0.4, 0.5) is 10.5 Å². The largest absolute Gasteiger partial charge is 0.493 e. The zero-order chi connectivity index (χ0) is 21.5. The second kappa shape index (κ2) is 10.3. The number of rotatable bonds is 8. The van der Waals surface area contributed by atoms with Crippen LogP contribution in [0, 0.1) is 6.92 Å². The highest BCUT2D eigenvalue weighted by Crippen LogP contribution is 2.33. The van der Waals surface area contributed by atoms with Crippen LogP contribution in [-0.2, 0) is 6.54 Å². The van der Waals surface area contributed by atoms with E-state index in [0.717, 1.165) is 50.3 Å². The number of urea groups is 1. The average Bonchev–Trinajstić information content (AvgIpc) is 3.17. The van der Waals surface area contributed by atoms with E-state index in [1.54, 1.807) is 14.2 Å². The first-order valence-electron chi connectivity index (χ1n) is 10.5. The van der Waals surface area contributed by atoms with E-state index < -0.39 is 0 Å². The Morgan fingerprint density at radius 2 is 1.97 bits per heavy atom. The first kappa shape index (κ1) is 22.0. The molecule has 164 valence electrons. The predicted octanol–water partition coefficient (Wildman–Crippen LogP) is 2.91. The molecule has 1 fully saturated rings. The normalized spacial score (nSPS) is 15.1. The third kappa shape index (κ3) is 5.24. The van der Waals surface area contributed by atoms with Crippen molar-refractivity contribution in [3.63, 3.8) is 0 Å². The summed E-state index contributed by atoms with van der Waals surface area (Å²) < 4.78 is 12.9. The lowest BCUT2D eigenvalue weighted by Gasteiger charge is -2.37. The van der Waals surface area contributed by atoms with Crippen molar-refractivity contribution in [3.05, 3.63) is 36.4 Å². The SMILES string of the molecule is COc1ccc(N(C(=O)NCCCn2cncc2C)C2CCN(C)CC2)cc1OC. The Labute approximate surface area is 178 Å². The lowest BCUT2D eigenvalue weighted by Crippen LogP contribution is -2.50. The molecule has 1 saturated heterocycles. The van der Waals surface area contributed by atoms with Crippen molar-refractivity contribution in [3.8, 4) is 11.5 Å². The third-order valence-electron chi connectivity index (χ3n) is 5.69. The molecule has 2 heterocycles. The Hall–Kier alpha value is -2.74. The van der Waals surface area contributed by atoms with Crippen molar-refractivity contribution in [1.82, 2.24) is 19.8 Å². The first-order valence-corrected chi connectivity index (χ1v) is 10.5. The van der Waals surface area contributed by atoms with Gasteiger partial charge in [-0.1, -0.05) is 0 Å². The standard InChI is InChI=1S/C22H33N5O3/c1-17-15-23-16-26(17)11-5-10-24-22(28)27(18-8-12-25(2)13-9-18)19-6-7-20(29-3)21(14-19)30-4/h6-7,14-16,18H,5,8-13H2,1-4H3,(H,24,28). The fourth-order valence-electron chi connectivity index (χ4n) is 3.87. The summed E-state index contributed by atoms with van der Waals surface area (Å²) in [7, 11) is 5.34. The zero-order valence-electron chi connectivity index (χ0n) is 18.4. The minimum Gasteiger partial charge on any atom is -0.493 e. The predicted molar refractivity (Wildman–Crippen MR) is 118 cm³/mol. The van der Waals surface area contributed by atoms with Gasteiger partial charge in [-0.3, -0.25) is 4.90 Å². The Morgan fingerprint density at radius 3 is 2.60 bits per heavy atom. The first-order chi connectivity index (χ1) is 14.5. The number of piperidine rings is 1. The molecule has 3 rings (SSSR count). The molecule has 0 saturated carbocycles. The van der Waals surface area contributed by atoms with Crippen molar-refractivity contribution in [2.75, 3.05) is 45.8 Å². The number of carbonyl (C=O) groups excluding carboxylic acids is 1. The monoisotopic (exact) mass is 415 g/mol. The van der Waals surface area contributed by atoms with Crippen molar-refractivity contribution >= 4 is 11.7 Å². The van der Waals surface area contributed by atoms with E-state index in [0.29, 0.717) is 18.0 Å². The topological polar surface area (TPSA) is 71.9 Å². The van der Waals surface area contributed by atoms with E-state index >= 15 is 0 Å². The van der Waals surface area contributed by atoms with Crippen molar-refractivity contribution in [2.45, 2.75) is 38.8 Å². The van der Waals surface area contributed by atoms with Gasteiger partial charge >= 0.3 is 6.03 Å². The number of aromatic nitrogens is 2. The maximum atomic E-state index is 13.2. The number of carbonyl (C=O) groups is 1. The van der Waals surface area contributed by atoms with Gasteiger partial charge in [0.2, 0.25) is 0 Å². The number of nitrogens with zero attached hydrogens (tertiary/aromatic N) is 4. The lowest BCUT2D eigenvalue weighted by atomic mass is 10.0. The molecule has 1 aromatic carbocycles. The van der Waals surface area contributed by atoms with Crippen LogP contribution in [0.3, 0.4) is 0 Å². The van der Waals surface area contributed by atoms with Crippen LogP contribution in [0.5, 0.6) is 11.5 Å². The van der Waals surface area contributed by atoms with E-state index in [1.807, 2.05) is 42.5 Å². The molecule has 0 bridgehead atoms. The number of imidazole rings is 1. The Bertz CT molecular complexity index is 830. The number of amides is 2. The number of hydrogen-bond acceptors (Lipinski definition) is 5. The van der Waals surface area contributed by atoms with E-state index in [1.165, 1.54) is 0 Å². The second-order valence-corrected chi connectivity index (χ2v) is 7.76. The van der Waals surface area contributed by atoms with Gasteiger partial charge in [-0.25, -0.2) is 9.78 Å². The van der Waals surface area contributed by atoms with Crippen LogP contribution in [-0.4, -0.2) is 67.4 Å². The smallest absolute Gasteiger partial charge is 0.322 e. The number of benzene rings is 1. The minimum atomic E-state index is -0.0703. The summed E-state index contributed by atoms with van der Waals surface area (Å²) in [6, 6.07) is 5.74. The van der Waals surface area contributed by atoms with Crippen LogP contribution in [0.15, 0.2) is 30.7 Å². The third-order valence-corrected chi connectivity index (χ3v) is 5.69. The molecule has 0 radical (unpaired) electrons. The van der Waals surface area contributed by atoms with Crippen molar-refractivity contribution in [2.24, 2.45) is 0 Å². The maximum absolute atomic E-state index is 13.2. The number of likely N-dealkylation sites (tertiary alicyclic amines) is 1. The molecule has 1 N–H and O–H groups in total. The summed E-state index contributed by atoms with van der Waals surface area (Å²) in [4.78, 5) is 21.5. The molecule has 1 aromatic heterocycles. The fraction of sp³-hybridized carbons (Fsp3) is 0.545. The van der Waals surface area contributed by atoms with Gasteiger partial charge in [0.25, 0.3) is 0 Å². The summed E-state index contributed by atoms with van der Waals surface area (Å²) in [5.41, 5.74) is 1.95.